The van der Waals surface area contributed by atoms with Crippen molar-refractivity contribution in [1.29, 1.82) is 0 Å². The van der Waals surface area contributed by atoms with E-state index in [1.165, 1.54) is 5.57 Å². The number of rotatable bonds is 6. The Balaban J connectivity index is 4.21. The Labute approximate surface area is 94.7 Å². The van der Waals surface area contributed by atoms with E-state index in [4.69, 9.17) is 9.47 Å². The molecule has 0 aromatic rings. The van der Waals surface area contributed by atoms with Crippen LogP contribution in [-0.4, -0.2) is 19.5 Å². The highest BCUT2D eigenvalue weighted by Crippen LogP contribution is 2.20. The summed E-state index contributed by atoms with van der Waals surface area (Å²) in [6, 6.07) is 0. The summed E-state index contributed by atoms with van der Waals surface area (Å²) in [5, 5.41) is 0. The van der Waals surface area contributed by atoms with Crippen molar-refractivity contribution < 1.29 is 9.47 Å². The third-order valence-electron chi connectivity index (χ3n) is 1.87. The Morgan fingerprint density at radius 2 is 1.60 bits per heavy atom. The lowest BCUT2D eigenvalue weighted by Gasteiger charge is -2.19. The zero-order valence-electron chi connectivity index (χ0n) is 11.1. The molecule has 0 heterocycles. The summed E-state index contributed by atoms with van der Waals surface area (Å²) < 4.78 is 11.0. The quantitative estimate of drug-likeness (QED) is 0.495. The smallest absolute Gasteiger partial charge is 0.161 e. The molecule has 0 amide bonds. The summed E-state index contributed by atoms with van der Waals surface area (Å²) >= 11 is 0. The zero-order valence-corrected chi connectivity index (χ0v) is 11.1. The molecule has 0 unspecified atom stereocenters. The van der Waals surface area contributed by atoms with E-state index < -0.39 is 0 Å². The summed E-state index contributed by atoms with van der Waals surface area (Å²) in [6.45, 7) is 14.1. The van der Waals surface area contributed by atoms with Crippen LogP contribution in [0.1, 0.15) is 48.0 Å². The van der Waals surface area contributed by atoms with E-state index in [9.17, 15) is 0 Å². The minimum atomic E-state index is -0.0846. The van der Waals surface area contributed by atoms with Crippen molar-refractivity contribution >= 4 is 0 Å². The fourth-order valence-corrected chi connectivity index (χ4v) is 1.60. The van der Waals surface area contributed by atoms with Crippen molar-refractivity contribution in [1.82, 2.24) is 0 Å². The molecule has 0 bridgehead atoms. The molecule has 0 spiro atoms. The van der Waals surface area contributed by atoms with Crippen molar-refractivity contribution in [2.75, 3.05) is 13.2 Å². The summed E-state index contributed by atoms with van der Waals surface area (Å²) in [4.78, 5) is 0. The molecule has 0 aliphatic rings. The normalized spacial score (nSPS) is 13.7. The van der Waals surface area contributed by atoms with Crippen LogP contribution in [0.5, 0.6) is 0 Å². The molecule has 0 aliphatic heterocycles. The van der Waals surface area contributed by atoms with Crippen molar-refractivity contribution in [3.63, 3.8) is 0 Å². The second-order valence-corrected chi connectivity index (χ2v) is 4.90. The second-order valence-electron chi connectivity index (χ2n) is 4.90. The first-order chi connectivity index (χ1) is 6.89. The van der Waals surface area contributed by atoms with Crippen molar-refractivity contribution in [3.8, 4) is 0 Å². The van der Waals surface area contributed by atoms with Crippen LogP contribution in [0.25, 0.3) is 0 Å². The van der Waals surface area contributed by atoms with Gasteiger partial charge >= 0.3 is 0 Å². The van der Waals surface area contributed by atoms with Gasteiger partial charge in [-0.05, 0) is 26.2 Å². The fourth-order valence-electron chi connectivity index (χ4n) is 1.60. The molecule has 90 valence electrons. The molecule has 2 heteroatoms. The minimum Gasteiger partial charge on any atom is -0.353 e. The standard InChI is InChI=1S/C13H26O2/c1-7-14-12(15-8-2)9-11(3)10-13(4,5)6/h10,12H,7-9H2,1-6H3. The maximum atomic E-state index is 5.50. The van der Waals surface area contributed by atoms with E-state index >= 15 is 0 Å². The highest BCUT2D eigenvalue weighted by molar-refractivity contribution is 5.04. The summed E-state index contributed by atoms with van der Waals surface area (Å²) in [5.41, 5.74) is 1.56. The summed E-state index contributed by atoms with van der Waals surface area (Å²) in [5.74, 6) is 0. The first kappa shape index (κ1) is 14.7. The van der Waals surface area contributed by atoms with Crippen LogP contribution in [0.4, 0.5) is 0 Å². The van der Waals surface area contributed by atoms with Crippen LogP contribution < -0.4 is 0 Å². The van der Waals surface area contributed by atoms with Gasteiger partial charge in [0.2, 0.25) is 0 Å². The largest absolute Gasteiger partial charge is 0.353 e. The number of allylic oxidation sites excluding steroid dienone is 1. The SMILES string of the molecule is CCOC(CC(C)=CC(C)(C)C)OCC. The van der Waals surface area contributed by atoms with Gasteiger partial charge in [-0.2, -0.15) is 0 Å². The number of hydrogen-bond donors (Lipinski definition) is 0. The predicted molar refractivity (Wildman–Crippen MR) is 64.9 cm³/mol. The number of ether oxygens (including phenoxy) is 2. The van der Waals surface area contributed by atoms with E-state index in [0.29, 0.717) is 13.2 Å². The molecule has 0 radical (unpaired) electrons. The average Bonchev–Trinajstić information content (AvgIpc) is 2.00. The number of hydrogen-bond acceptors (Lipinski definition) is 2. The first-order valence-corrected chi connectivity index (χ1v) is 5.80. The summed E-state index contributed by atoms with van der Waals surface area (Å²) in [7, 11) is 0. The van der Waals surface area contributed by atoms with Crippen LogP contribution in [0, 0.1) is 5.41 Å². The van der Waals surface area contributed by atoms with Gasteiger partial charge in [0, 0.05) is 19.6 Å². The molecule has 0 aromatic heterocycles. The van der Waals surface area contributed by atoms with Gasteiger partial charge in [-0.25, -0.2) is 0 Å². The molecule has 0 aliphatic carbocycles. The topological polar surface area (TPSA) is 18.5 Å². The van der Waals surface area contributed by atoms with Gasteiger partial charge < -0.3 is 9.47 Å². The predicted octanol–water partition coefficient (Wildman–Crippen LogP) is 3.77. The van der Waals surface area contributed by atoms with Crippen molar-refractivity contribution in [2.24, 2.45) is 5.41 Å². The first-order valence-electron chi connectivity index (χ1n) is 5.80. The van der Waals surface area contributed by atoms with Crippen LogP contribution in [0.3, 0.4) is 0 Å². The lowest BCUT2D eigenvalue weighted by atomic mass is 9.93. The maximum Gasteiger partial charge on any atom is 0.161 e. The van der Waals surface area contributed by atoms with Crippen LogP contribution in [0.15, 0.2) is 11.6 Å². The zero-order chi connectivity index (χ0) is 11.9. The van der Waals surface area contributed by atoms with Crippen molar-refractivity contribution in [3.05, 3.63) is 11.6 Å². The third kappa shape index (κ3) is 8.64. The molecule has 0 N–H and O–H groups in total. The Kier molecular flexibility index (Phi) is 6.86. The van der Waals surface area contributed by atoms with Gasteiger partial charge in [0.1, 0.15) is 0 Å². The van der Waals surface area contributed by atoms with Gasteiger partial charge in [0.05, 0.1) is 0 Å². The lowest BCUT2D eigenvalue weighted by Crippen LogP contribution is -2.18. The van der Waals surface area contributed by atoms with Gasteiger partial charge in [-0.3, -0.25) is 0 Å². The van der Waals surface area contributed by atoms with Crippen LogP contribution in [0.2, 0.25) is 0 Å². The molecule has 0 saturated heterocycles. The van der Waals surface area contributed by atoms with E-state index in [1.807, 2.05) is 13.8 Å². The van der Waals surface area contributed by atoms with Crippen LogP contribution >= 0.6 is 0 Å². The van der Waals surface area contributed by atoms with E-state index in [2.05, 4.69) is 33.8 Å². The fraction of sp³-hybridized carbons (Fsp3) is 0.846. The van der Waals surface area contributed by atoms with Gasteiger partial charge in [-0.15, -0.1) is 0 Å². The van der Waals surface area contributed by atoms with Crippen LogP contribution in [-0.2, 0) is 9.47 Å². The van der Waals surface area contributed by atoms with E-state index in [0.717, 1.165) is 6.42 Å². The Morgan fingerprint density at radius 3 is 1.93 bits per heavy atom. The third-order valence-corrected chi connectivity index (χ3v) is 1.87. The highest BCUT2D eigenvalue weighted by atomic mass is 16.7. The molecular weight excluding hydrogens is 188 g/mol. The summed E-state index contributed by atoms with van der Waals surface area (Å²) in [6.07, 6.45) is 3.05. The molecule has 0 saturated carbocycles. The van der Waals surface area contributed by atoms with E-state index in [-0.39, 0.29) is 11.7 Å². The Hall–Kier alpha value is -0.340. The maximum absolute atomic E-state index is 5.50. The van der Waals surface area contributed by atoms with Crippen molar-refractivity contribution in [2.45, 2.75) is 54.3 Å². The van der Waals surface area contributed by atoms with Gasteiger partial charge in [0.15, 0.2) is 6.29 Å². The molecule has 2 nitrogen and oxygen atoms in total. The average molecular weight is 214 g/mol. The Bertz CT molecular complexity index is 183. The molecule has 0 fully saturated rings. The lowest BCUT2D eigenvalue weighted by molar-refractivity contribution is -0.134. The molecular formula is C13H26O2. The highest BCUT2D eigenvalue weighted by Gasteiger charge is 2.11. The molecule has 15 heavy (non-hydrogen) atoms. The minimum absolute atomic E-state index is 0.0846. The molecule has 0 aromatic carbocycles. The van der Waals surface area contributed by atoms with Gasteiger partial charge in [0.25, 0.3) is 0 Å². The Morgan fingerprint density at radius 1 is 1.13 bits per heavy atom. The van der Waals surface area contributed by atoms with E-state index in [1.54, 1.807) is 0 Å². The molecule has 0 rings (SSSR count). The molecule has 0 atom stereocenters. The monoisotopic (exact) mass is 214 g/mol. The second kappa shape index (κ2) is 7.02. The van der Waals surface area contributed by atoms with Gasteiger partial charge in [-0.1, -0.05) is 32.4 Å².